The van der Waals surface area contributed by atoms with E-state index in [-0.39, 0.29) is 0 Å². The van der Waals surface area contributed by atoms with Crippen LogP contribution >= 0.6 is 0 Å². The molecule has 3 aromatic rings. The summed E-state index contributed by atoms with van der Waals surface area (Å²) in [6.07, 6.45) is 3.73. The van der Waals surface area contributed by atoms with Crippen LogP contribution in [0.3, 0.4) is 0 Å². The van der Waals surface area contributed by atoms with Gasteiger partial charge in [0.25, 0.3) is 0 Å². The van der Waals surface area contributed by atoms with Crippen LogP contribution in [0.2, 0.25) is 0 Å². The normalized spacial score (nSPS) is 11.1. The van der Waals surface area contributed by atoms with Crippen LogP contribution in [0.1, 0.15) is 28.2 Å². The lowest BCUT2D eigenvalue weighted by Crippen LogP contribution is -2.07. The smallest absolute Gasteiger partial charge is 0.337 e. The van der Waals surface area contributed by atoms with Gasteiger partial charge < -0.3 is 14.0 Å². The Morgan fingerprint density at radius 3 is 2.61 bits per heavy atom. The molecule has 0 fully saturated rings. The summed E-state index contributed by atoms with van der Waals surface area (Å²) >= 11 is 0. The number of imidazole rings is 1. The third-order valence-corrected chi connectivity index (χ3v) is 4.36. The van der Waals surface area contributed by atoms with E-state index in [4.69, 9.17) is 4.74 Å². The van der Waals surface area contributed by atoms with Crippen molar-refractivity contribution in [3.63, 3.8) is 0 Å². The quantitative estimate of drug-likeness (QED) is 0.355. The Kier molecular flexibility index (Phi) is 6.22. The lowest BCUT2D eigenvalue weighted by atomic mass is 10.1. The van der Waals surface area contributed by atoms with Gasteiger partial charge >= 0.3 is 11.9 Å². The fourth-order valence-electron chi connectivity index (χ4n) is 2.93. The number of fused-ring (bicyclic) bond motifs is 1. The highest BCUT2D eigenvalue weighted by atomic mass is 16.5. The van der Waals surface area contributed by atoms with Gasteiger partial charge in [-0.25, -0.2) is 14.6 Å². The molecule has 0 aliphatic heterocycles. The largest absolute Gasteiger partial charge is 0.465 e. The number of ether oxygens (including phenoxy) is 2. The maximum absolute atomic E-state index is 11.9. The van der Waals surface area contributed by atoms with Gasteiger partial charge in [0, 0.05) is 12.6 Å². The van der Waals surface area contributed by atoms with E-state index in [2.05, 4.69) is 14.3 Å². The Labute approximate surface area is 163 Å². The van der Waals surface area contributed by atoms with Gasteiger partial charge in [0.2, 0.25) is 0 Å². The molecule has 2 aromatic carbocycles. The van der Waals surface area contributed by atoms with Gasteiger partial charge in [-0.15, -0.1) is 0 Å². The number of carbonyl (C=O) groups is 2. The van der Waals surface area contributed by atoms with Crippen LogP contribution in [0.15, 0.2) is 54.6 Å². The number of aryl methyl sites for hydroxylation is 2. The molecule has 1 aromatic heterocycles. The van der Waals surface area contributed by atoms with Gasteiger partial charge in [-0.05, 0) is 49.2 Å². The second-order valence-corrected chi connectivity index (χ2v) is 6.27. The van der Waals surface area contributed by atoms with E-state index in [1.165, 1.54) is 13.2 Å². The molecule has 0 unspecified atom stereocenters. The van der Waals surface area contributed by atoms with E-state index in [1.807, 2.05) is 31.2 Å². The lowest BCUT2D eigenvalue weighted by Gasteiger charge is -2.07. The van der Waals surface area contributed by atoms with Gasteiger partial charge in [-0.2, -0.15) is 0 Å². The zero-order valence-electron chi connectivity index (χ0n) is 15.9. The van der Waals surface area contributed by atoms with E-state index < -0.39 is 11.9 Å². The topological polar surface area (TPSA) is 70.4 Å². The van der Waals surface area contributed by atoms with Gasteiger partial charge in [0.1, 0.15) is 5.82 Å². The van der Waals surface area contributed by atoms with Crippen LogP contribution in [-0.2, 0) is 20.8 Å². The van der Waals surface area contributed by atoms with Crippen LogP contribution in [-0.4, -0.2) is 35.2 Å². The maximum Gasteiger partial charge on any atom is 0.337 e. The molecule has 1 heterocycles. The first-order valence-corrected chi connectivity index (χ1v) is 9.03. The summed E-state index contributed by atoms with van der Waals surface area (Å²) in [6, 6.07) is 14.8. The molecule has 0 amide bonds. The van der Waals surface area contributed by atoms with Crippen molar-refractivity contribution >= 4 is 29.0 Å². The molecule has 0 bridgehead atoms. The molecule has 6 heteroatoms. The fraction of sp³-hybridized carbons (Fsp3) is 0.227. The van der Waals surface area contributed by atoms with Crippen molar-refractivity contribution in [1.82, 2.24) is 9.55 Å². The van der Waals surface area contributed by atoms with Crippen molar-refractivity contribution in [1.29, 1.82) is 0 Å². The van der Waals surface area contributed by atoms with Crippen molar-refractivity contribution in [2.24, 2.45) is 0 Å². The number of methoxy groups -OCH3 is 1. The number of para-hydroxylation sites is 2. The van der Waals surface area contributed by atoms with Crippen LogP contribution in [0.25, 0.3) is 17.1 Å². The minimum atomic E-state index is -0.399. The van der Waals surface area contributed by atoms with E-state index >= 15 is 0 Å². The Hall–Kier alpha value is -3.41. The highest BCUT2D eigenvalue weighted by Crippen LogP contribution is 2.15. The molecule has 0 radical (unpaired) electrons. The zero-order valence-corrected chi connectivity index (χ0v) is 15.9. The SMILES string of the molecule is COC(=O)c1ccc(/C=C/C(=O)OCCCn2c(C)nc3ccccc32)cc1. The Morgan fingerprint density at radius 2 is 1.86 bits per heavy atom. The molecule has 0 saturated heterocycles. The standard InChI is InChI=1S/C22H22N2O4/c1-16-23-19-6-3-4-7-20(19)24(16)14-5-15-28-21(25)13-10-17-8-11-18(12-9-17)22(26)27-2/h3-4,6-13H,5,14-15H2,1-2H3/b13-10+. The number of benzene rings is 2. The molecular weight excluding hydrogens is 356 g/mol. The fourth-order valence-corrected chi connectivity index (χ4v) is 2.93. The molecular formula is C22H22N2O4. The molecule has 0 N–H and O–H groups in total. The zero-order chi connectivity index (χ0) is 19.9. The van der Waals surface area contributed by atoms with Crippen LogP contribution in [0, 0.1) is 6.92 Å². The molecule has 28 heavy (non-hydrogen) atoms. The van der Waals surface area contributed by atoms with Crippen LogP contribution in [0.4, 0.5) is 0 Å². The van der Waals surface area contributed by atoms with Crippen molar-refractivity contribution in [2.75, 3.05) is 13.7 Å². The van der Waals surface area contributed by atoms with Crippen molar-refractivity contribution in [3.05, 3.63) is 71.6 Å². The number of carbonyl (C=O) groups excluding carboxylic acids is 2. The first-order chi connectivity index (χ1) is 13.6. The first kappa shape index (κ1) is 19.4. The third-order valence-electron chi connectivity index (χ3n) is 4.36. The molecule has 0 aliphatic rings. The monoisotopic (exact) mass is 378 g/mol. The average Bonchev–Trinajstić information content (AvgIpc) is 3.04. The highest BCUT2D eigenvalue weighted by Gasteiger charge is 2.07. The van der Waals surface area contributed by atoms with Crippen molar-refractivity contribution in [2.45, 2.75) is 19.9 Å². The third kappa shape index (κ3) is 4.65. The van der Waals surface area contributed by atoms with E-state index in [1.54, 1.807) is 30.3 Å². The number of rotatable bonds is 7. The van der Waals surface area contributed by atoms with Gasteiger partial charge in [0.05, 0.1) is 30.3 Å². The summed E-state index contributed by atoms with van der Waals surface area (Å²) in [5.74, 6) is 0.155. The predicted molar refractivity (Wildman–Crippen MR) is 107 cm³/mol. The number of hydrogen-bond donors (Lipinski definition) is 0. The molecule has 0 saturated carbocycles. The summed E-state index contributed by atoms with van der Waals surface area (Å²) in [7, 11) is 1.34. The number of nitrogens with zero attached hydrogens (tertiary/aromatic N) is 2. The van der Waals surface area contributed by atoms with Crippen LogP contribution in [0.5, 0.6) is 0 Å². The van der Waals surface area contributed by atoms with Crippen molar-refractivity contribution in [3.8, 4) is 0 Å². The average molecular weight is 378 g/mol. The lowest BCUT2D eigenvalue weighted by molar-refractivity contribution is -0.137. The predicted octanol–water partition coefficient (Wildman–Crippen LogP) is 3.78. The molecule has 144 valence electrons. The van der Waals surface area contributed by atoms with Gasteiger partial charge in [-0.3, -0.25) is 0 Å². The summed E-state index contributed by atoms with van der Waals surface area (Å²) < 4.78 is 12.0. The number of aromatic nitrogens is 2. The van der Waals surface area contributed by atoms with E-state index in [0.29, 0.717) is 18.6 Å². The van der Waals surface area contributed by atoms with Crippen molar-refractivity contribution < 1.29 is 19.1 Å². The van der Waals surface area contributed by atoms with E-state index in [9.17, 15) is 9.59 Å². The van der Waals surface area contributed by atoms with Crippen LogP contribution < -0.4 is 0 Å². The molecule has 0 aliphatic carbocycles. The maximum atomic E-state index is 11.9. The van der Waals surface area contributed by atoms with E-state index in [0.717, 1.165) is 29.0 Å². The molecule has 6 nitrogen and oxygen atoms in total. The second-order valence-electron chi connectivity index (χ2n) is 6.27. The Bertz CT molecular complexity index is 1000. The Morgan fingerprint density at radius 1 is 1.11 bits per heavy atom. The molecule has 0 spiro atoms. The summed E-state index contributed by atoms with van der Waals surface area (Å²) in [6.45, 7) is 3.04. The summed E-state index contributed by atoms with van der Waals surface area (Å²) in [5.41, 5.74) is 3.31. The number of hydrogen-bond acceptors (Lipinski definition) is 5. The number of esters is 2. The Balaban J connectivity index is 1.47. The first-order valence-electron chi connectivity index (χ1n) is 9.03. The summed E-state index contributed by atoms with van der Waals surface area (Å²) in [5, 5.41) is 0. The van der Waals surface area contributed by atoms with Gasteiger partial charge in [0.15, 0.2) is 0 Å². The second kappa shape index (κ2) is 8.99. The summed E-state index contributed by atoms with van der Waals surface area (Å²) in [4.78, 5) is 27.8. The van der Waals surface area contributed by atoms with Gasteiger partial charge in [-0.1, -0.05) is 24.3 Å². The highest BCUT2D eigenvalue weighted by molar-refractivity contribution is 5.90. The molecule has 3 rings (SSSR count). The minimum Gasteiger partial charge on any atom is -0.465 e. The minimum absolute atomic E-state index is 0.330. The molecule has 0 atom stereocenters.